The van der Waals surface area contributed by atoms with Gasteiger partial charge >= 0.3 is 0 Å². The van der Waals surface area contributed by atoms with Crippen molar-refractivity contribution in [3.05, 3.63) is 40.4 Å². The Labute approximate surface area is 176 Å². The number of nitrogens with zero attached hydrogens (tertiary/aromatic N) is 3. The fourth-order valence-electron chi connectivity index (χ4n) is 4.96. The zero-order chi connectivity index (χ0) is 20.4. The number of thiophene rings is 1. The van der Waals surface area contributed by atoms with Crippen LogP contribution in [0, 0.1) is 36.0 Å². The second-order valence-corrected chi connectivity index (χ2v) is 9.55. The first-order valence-corrected chi connectivity index (χ1v) is 11.3. The van der Waals surface area contributed by atoms with E-state index in [-0.39, 0.29) is 11.8 Å². The Balaban J connectivity index is 1.38. The average molecular weight is 409 g/mol. The molecule has 1 N–H and O–H groups in total. The van der Waals surface area contributed by atoms with Crippen molar-refractivity contribution in [2.75, 3.05) is 23.8 Å². The molecule has 6 heteroatoms. The van der Waals surface area contributed by atoms with Gasteiger partial charge in [-0.2, -0.15) is 5.26 Å². The summed E-state index contributed by atoms with van der Waals surface area (Å²) in [5.74, 6) is 2.51. The SMILES string of the molecule is Cc1c(CCCN(C)c2ccccn2)sc(NC(=O)[C@@H]2C[C@@H]3CC[C@H]2C3)c1C#N. The van der Waals surface area contributed by atoms with Crippen LogP contribution in [0.1, 0.15) is 48.1 Å². The van der Waals surface area contributed by atoms with E-state index < -0.39 is 0 Å². The zero-order valence-electron chi connectivity index (χ0n) is 17.1. The van der Waals surface area contributed by atoms with E-state index in [4.69, 9.17) is 0 Å². The van der Waals surface area contributed by atoms with E-state index in [2.05, 4.69) is 21.3 Å². The molecular weight excluding hydrogens is 380 g/mol. The largest absolute Gasteiger partial charge is 0.360 e. The third-order valence-corrected chi connectivity index (χ3v) is 7.87. The molecule has 2 bridgehead atoms. The third-order valence-electron chi connectivity index (χ3n) is 6.61. The first-order valence-electron chi connectivity index (χ1n) is 10.5. The number of nitriles is 1. The summed E-state index contributed by atoms with van der Waals surface area (Å²) in [5, 5.41) is 13.5. The Morgan fingerprint density at radius 1 is 1.38 bits per heavy atom. The van der Waals surface area contributed by atoms with Crippen LogP contribution in [0.3, 0.4) is 0 Å². The van der Waals surface area contributed by atoms with Gasteiger partial charge in [-0.05, 0) is 68.6 Å². The first kappa shape index (κ1) is 19.9. The number of aryl methyl sites for hydroxylation is 1. The fourth-order valence-corrected chi connectivity index (χ4v) is 6.16. The van der Waals surface area contributed by atoms with Crippen LogP contribution >= 0.6 is 11.3 Å². The van der Waals surface area contributed by atoms with Gasteiger partial charge in [0.05, 0.1) is 5.56 Å². The maximum absolute atomic E-state index is 12.8. The van der Waals surface area contributed by atoms with Crippen LogP contribution in [0.15, 0.2) is 24.4 Å². The van der Waals surface area contributed by atoms with E-state index in [1.165, 1.54) is 24.1 Å². The second kappa shape index (κ2) is 8.54. The van der Waals surface area contributed by atoms with E-state index in [0.717, 1.165) is 48.1 Å². The Morgan fingerprint density at radius 3 is 2.90 bits per heavy atom. The summed E-state index contributed by atoms with van der Waals surface area (Å²) in [6.07, 6.45) is 8.38. The van der Waals surface area contributed by atoms with Crippen molar-refractivity contribution in [3.8, 4) is 6.07 Å². The Morgan fingerprint density at radius 2 is 2.24 bits per heavy atom. The minimum absolute atomic E-state index is 0.122. The number of hydrogen-bond donors (Lipinski definition) is 1. The monoisotopic (exact) mass is 408 g/mol. The first-order chi connectivity index (χ1) is 14.1. The Bertz CT molecular complexity index is 917. The molecule has 1 amide bonds. The summed E-state index contributed by atoms with van der Waals surface area (Å²) in [6.45, 7) is 2.89. The molecule has 5 nitrogen and oxygen atoms in total. The van der Waals surface area contributed by atoms with Gasteiger partial charge in [0.25, 0.3) is 0 Å². The maximum Gasteiger partial charge on any atom is 0.228 e. The predicted octanol–water partition coefficient (Wildman–Crippen LogP) is 4.77. The standard InChI is InChI=1S/C23H28N4OS/c1-15-19(14-24)23(26-22(28)18-13-16-8-9-17(18)12-16)29-20(15)6-5-11-27(2)21-7-3-4-10-25-21/h3-4,7,10,16-18H,5-6,8-9,11-13H2,1-2H3,(H,26,28)/t16-,17+,18-/m1/s1. The smallest absolute Gasteiger partial charge is 0.228 e. The van der Waals surface area contributed by atoms with Crippen LogP contribution in [0.25, 0.3) is 0 Å². The van der Waals surface area contributed by atoms with Crippen molar-refractivity contribution in [1.82, 2.24) is 4.98 Å². The van der Waals surface area contributed by atoms with Crippen molar-refractivity contribution in [2.24, 2.45) is 17.8 Å². The summed E-state index contributed by atoms with van der Waals surface area (Å²) in [7, 11) is 2.05. The Kier molecular flexibility index (Phi) is 5.86. The minimum Gasteiger partial charge on any atom is -0.360 e. The minimum atomic E-state index is 0.122. The number of nitrogens with one attached hydrogen (secondary N) is 1. The average Bonchev–Trinajstić information content (AvgIpc) is 3.44. The number of hydrogen-bond acceptors (Lipinski definition) is 5. The van der Waals surface area contributed by atoms with E-state index in [1.54, 1.807) is 17.5 Å². The van der Waals surface area contributed by atoms with Gasteiger partial charge in [-0.3, -0.25) is 4.79 Å². The highest BCUT2D eigenvalue weighted by molar-refractivity contribution is 7.16. The Hall–Kier alpha value is -2.39. The second-order valence-electron chi connectivity index (χ2n) is 8.45. The summed E-state index contributed by atoms with van der Waals surface area (Å²) >= 11 is 1.58. The number of aromatic nitrogens is 1. The number of carbonyl (C=O) groups excluding carboxylic acids is 1. The molecule has 2 aliphatic rings. The lowest BCUT2D eigenvalue weighted by molar-refractivity contribution is -0.121. The van der Waals surface area contributed by atoms with Gasteiger partial charge in [0, 0.05) is 30.6 Å². The van der Waals surface area contributed by atoms with Crippen LogP contribution in [0.4, 0.5) is 10.8 Å². The molecule has 0 aliphatic heterocycles. The molecule has 3 atom stereocenters. The molecule has 0 spiro atoms. The van der Waals surface area contributed by atoms with Crippen LogP contribution in [-0.4, -0.2) is 24.5 Å². The van der Waals surface area contributed by atoms with Gasteiger partial charge in [-0.25, -0.2) is 4.98 Å². The normalized spacial score (nSPS) is 22.4. The van der Waals surface area contributed by atoms with E-state index in [9.17, 15) is 10.1 Å². The van der Waals surface area contributed by atoms with Crippen LogP contribution in [-0.2, 0) is 11.2 Å². The fraction of sp³-hybridized carbons (Fsp3) is 0.522. The molecule has 2 aliphatic carbocycles. The lowest BCUT2D eigenvalue weighted by Crippen LogP contribution is -2.27. The predicted molar refractivity (Wildman–Crippen MR) is 117 cm³/mol. The molecule has 2 fully saturated rings. The molecular formula is C23H28N4OS. The molecule has 0 aromatic carbocycles. The number of rotatable bonds is 7. The highest BCUT2D eigenvalue weighted by Gasteiger charge is 2.43. The molecule has 2 saturated carbocycles. The number of anilines is 2. The summed E-state index contributed by atoms with van der Waals surface area (Å²) in [6, 6.07) is 8.23. The highest BCUT2D eigenvalue weighted by Crippen LogP contribution is 2.49. The van der Waals surface area contributed by atoms with Crippen molar-refractivity contribution in [3.63, 3.8) is 0 Å². The van der Waals surface area contributed by atoms with Crippen molar-refractivity contribution < 1.29 is 4.79 Å². The molecule has 0 saturated heterocycles. The molecule has 2 aromatic heterocycles. The van der Waals surface area contributed by atoms with Gasteiger partial charge in [0.15, 0.2) is 0 Å². The van der Waals surface area contributed by atoms with Gasteiger partial charge in [0.2, 0.25) is 5.91 Å². The van der Waals surface area contributed by atoms with Crippen molar-refractivity contribution in [1.29, 1.82) is 5.26 Å². The summed E-state index contributed by atoms with van der Waals surface area (Å²) in [5.41, 5.74) is 1.65. The number of pyridine rings is 1. The van der Waals surface area contributed by atoms with Gasteiger partial charge in [-0.15, -0.1) is 11.3 Å². The summed E-state index contributed by atoms with van der Waals surface area (Å²) < 4.78 is 0. The molecule has 0 unspecified atom stereocenters. The molecule has 29 heavy (non-hydrogen) atoms. The topological polar surface area (TPSA) is 69.0 Å². The van der Waals surface area contributed by atoms with Gasteiger partial charge < -0.3 is 10.2 Å². The summed E-state index contributed by atoms with van der Waals surface area (Å²) in [4.78, 5) is 20.5. The molecule has 2 heterocycles. The van der Waals surface area contributed by atoms with Crippen LogP contribution in [0.5, 0.6) is 0 Å². The molecule has 152 valence electrons. The van der Waals surface area contributed by atoms with E-state index in [1.807, 2.05) is 32.2 Å². The lowest BCUT2D eigenvalue weighted by atomic mass is 9.88. The molecule has 0 radical (unpaired) electrons. The van der Waals surface area contributed by atoms with Crippen molar-refractivity contribution >= 4 is 28.1 Å². The third kappa shape index (κ3) is 4.16. The van der Waals surface area contributed by atoms with Crippen LogP contribution in [0.2, 0.25) is 0 Å². The van der Waals surface area contributed by atoms with Crippen molar-refractivity contribution in [2.45, 2.75) is 45.4 Å². The number of fused-ring (bicyclic) bond motifs is 2. The van der Waals surface area contributed by atoms with E-state index >= 15 is 0 Å². The van der Waals surface area contributed by atoms with E-state index in [0.29, 0.717) is 11.5 Å². The van der Waals surface area contributed by atoms with Gasteiger partial charge in [-0.1, -0.05) is 12.5 Å². The lowest BCUT2D eigenvalue weighted by Gasteiger charge is -2.20. The quantitative estimate of drug-likeness (QED) is 0.717. The number of amides is 1. The zero-order valence-corrected chi connectivity index (χ0v) is 18.0. The molecule has 2 aromatic rings. The number of carbonyl (C=O) groups is 1. The van der Waals surface area contributed by atoms with Crippen LogP contribution < -0.4 is 10.2 Å². The maximum atomic E-state index is 12.8. The highest BCUT2D eigenvalue weighted by atomic mass is 32.1. The molecule has 4 rings (SSSR count). The van der Waals surface area contributed by atoms with Gasteiger partial charge in [0.1, 0.15) is 16.9 Å².